The quantitative estimate of drug-likeness (QED) is 0.772. The maximum atomic E-state index is 12.2. The molecule has 0 aliphatic heterocycles. The molecule has 4 heteroatoms. The number of hydrogen-bond donors (Lipinski definition) is 0. The van der Waals surface area contributed by atoms with Crippen LogP contribution in [0.15, 0.2) is 36.4 Å². The van der Waals surface area contributed by atoms with Crippen molar-refractivity contribution in [1.82, 2.24) is 9.97 Å². The van der Waals surface area contributed by atoms with Crippen LogP contribution in [0.1, 0.15) is 39.3 Å². The minimum absolute atomic E-state index is 0.178. The first-order chi connectivity index (χ1) is 8.58. The fourth-order valence-electron chi connectivity index (χ4n) is 1.60. The molecule has 1 aromatic carbocycles. The zero-order chi connectivity index (χ0) is 13.1. The molecule has 0 spiro atoms. The molecule has 1 heterocycles. The molecular formula is C14H12N2O2. The lowest BCUT2D eigenvalue weighted by Crippen LogP contribution is -2.09. The number of carbonyl (C=O) groups is 2. The van der Waals surface area contributed by atoms with Crippen LogP contribution in [0.25, 0.3) is 0 Å². The average Bonchev–Trinajstić information content (AvgIpc) is 2.38. The number of rotatable bonds is 3. The van der Waals surface area contributed by atoms with Gasteiger partial charge in [-0.1, -0.05) is 30.3 Å². The Labute approximate surface area is 105 Å². The van der Waals surface area contributed by atoms with E-state index in [1.54, 1.807) is 31.2 Å². The molecule has 1 aromatic heterocycles. The second-order valence-electron chi connectivity index (χ2n) is 3.94. The Kier molecular flexibility index (Phi) is 3.28. The van der Waals surface area contributed by atoms with Crippen LogP contribution in [0, 0.1) is 6.92 Å². The number of hydrogen-bond acceptors (Lipinski definition) is 4. The number of benzene rings is 1. The molecule has 0 fully saturated rings. The highest BCUT2D eigenvalue weighted by Crippen LogP contribution is 2.09. The predicted molar refractivity (Wildman–Crippen MR) is 66.6 cm³/mol. The normalized spacial score (nSPS) is 10.1. The molecule has 0 unspecified atom stereocenters. The summed E-state index contributed by atoms with van der Waals surface area (Å²) in [7, 11) is 0. The molecule has 18 heavy (non-hydrogen) atoms. The summed E-state index contributed by atoms with van der Waals surface area (Å²) in [5.41, 5.74) is 1.06. The van der Waals surface area contributed by atoms with Crippen LogP contribution >= 0.6 is 0 Å². The SMILES string of the molecule is CC(=O)c1cc(C(=O)c2ccccc2)nc(C)n1. The number of carbonyl (C=O) groups excluding carboxylic acids is 2. The zero-order valence-electron chi connectivity index (χ0n) is 10.2. The number of nitrogens with zero attached hydrogens (tertiary/aromatic N) is 2. The van der Waals surface area contributed by atoms with Crippen LogP contribution in [0.5, 0.6) is 0 Å². The molecule has 0 N–H and O–H groups in total. The van der Waals surface area contributed by atoms with E-state index in [9.17, 15) is 9.59 Å². The van der Waals surface area contributed by atoms with Crippen molar-refractivity contribution in [1.29, 1.82) is 0 Å². The fourth-order valence-corrected chi connectivity index (χ4v) is 1.60. The van der Waals surface area contributed by atoms with Gasteiger partial charge in [0.05, 0.1) is 0 Å². The molecule has 0 aliphatic rings. The predicted octanol–water partition coefficient (Wildman–Crippen LogP) is 2.22. The standard InChI is InChI=1S/C14H12N2O2/c1-9(17)12-8-13(16-10(2)15-12)14(18)11-6-4-3-5-7-11/h3-8H,1-2H3. The Morgan fingerprint density at radius 3 is 2.22 bits per heavy atom. The van der Waals surface area contributed by atoms with Gasteiger partial charge in [-0.2, -0.15) is 0 Å². The smallest absolute Gasteiger partial charge is 0.211 e. The molecule has 0 bridgehead atoms. The van der Waals surface area contributed by atoms with E-state index in [1.807, 2.05) is 6.07 Å². The summed E-state index contributed by atoms with van der Waals surface area (Å²) in [5.74, 6) is 0.0354. The van der Waals surface area contributed by atoms with Gasteiger partial charge in [-0.05, 0) is 13.0 Å². The van der Waals surface area contributed by atoms with E-state index >= 15 is 0 Å². The summed E-state index contributed by atoms with van der Waals surface area (Å²) in [6.07, 6.45) is 0. The molecule has 2 rings (SSSR count). The Hall–Kier alpha value is -2.36. The van der Waals surface area contributed by atoms with Crippen molar-refractivity contribution in [3.05, 3.63) is 59.2 Å². The van der Waals surface area contributed by atoms with Gasteiger partial charge >= 0.3 is 0 Å². The van der Waals surface area contributed by atoms with E-state index < -0.39 is 0 Å². The van der Waals surface area contributed by atoms with Crippen molar-refractivity contribution < 1.29 is 9.59 Å². The van der Waals surface area contributed by atoms with E-state index in [0.717, 1.165) is 0 Å². The van der Waals surface area contributed by atoms with Crippen molar-refractivity contribution >= 4 is 11.6 Å². The lowest BCUT2D eigenvalue weighted by atomic mass is 10.1. The highest BCUT2D eigenvalue weighted by molar-refractivity contribution is 6.08. The van der Waals surface area contributed by atoms with Crippen molar-refractivity contribution in [2.75, 3.05) is 0 Å². The molecule has 0 aliphatic carbocycles. The van der Waals surface area contributed by atoms with Crippen molar-refractivity contribution in [2.24, 2.45) is 0 Å². The van der Waals surface area contributed by atoms with E-state index in [2.05, 4.69) is 9.97 Å². The maximum Gasteiger partial charge on any atom is 0.211 e. The molecule has 2 aromatic rings. The fraction of sp³-hybridized carbons (Fsp3) is 0.143. The highest BCUT2D eigenvalue weighted by Gasteiger charge is 2.13. The number of aryl methyl sites for hydroxylation is 1. The third kappa shape index (κ3) is 2.48. The van der Waals surface area contributed by atoms with Crippen LogP contribution in [-0.4, -0.2) is 21.5 Å². The van der Waals surface area contributed by atoms with E-state index in [4.69, 9.17) is 0 Å². The maximum absolute atomic E-state index is 12.2. The van der Waals surface area contributed by atoms with Gasteiger partial charge in [-0.3, -0.25) is 9.59 Å². The van der Waals surface area contributed by atoms with Gasteiger partial charge in [0.2, 0.25) is 5.78 Å². The average molecular weight is 240 g/mol. The van der Waals surface area contributed by atoms with Crippen LogP contribution in [0.3, 0.4) is 0 Å². The van der Waals surface area contributed by atoms with Crippen LogP contribution in [0.2, 0.25) is 0 Å². The van der Waals surface area contributed by atoms with Gasteiger partial charge < -0.3 is 0 Å². The molecular weight excluding hydrogens is 228 g/mol. The number of ketones is 2. The first-order valence-electron chi connectivity index (χ1n) is 5.54. The Morgan fingerprint density at radius 1 is 1.00 bits per heavy atom. The number of aromatic nitrogens is 2. The topological polar surface area (TPSA) is 59.9 Å². The van der Waals surface area contributed by atoms with Gasteiger partial charge in [0, 0.05) is 12.5 Å². The molecule has 90 valence electrons. The second kappa shape index (κ2) is 4.87. The molecule has 0 radical (unpaired) electrons. The van der Waals surface area contributed by atoms with Gasteiger partial charge in [0.15, 0.2) is 5.78 Å². The summed E-state index contributed by atoms with van der Waals surface area (Å²) in [6, 6.07) is 10.3. The third-order valence-corrected chi connectivity index (χ3v) is 2.47. The van der Waals surface area contributed by atoms with Crippen LogP contribution in [-0.2, 0) is 0 Å². The van der Waals surface area contributed by atoms with Gasteiger partial charge in [-0.25, -0.2) is 9.97 Å². The van der Waals surface area contributed by atoms with E-state index in [0.29, 0.717) is 11.4 Å². The lowest BCUT2D eigenvalue weighted by Gasteiger charge is -2.03. The molecule has 0 saturated carbocycles. The summed E-state index contributed by atoms with van der Waals surface area (Å²) in [4.78, 5) is 31.6. The number of Topliss-reactive ketones (excluding diaryl/α,β-unsaturated/α-hetero) is 1. The summed E-state index contributed by atoms with van der Waals surface area (Å²) in [5, 5.41) is 0. The van der Waals surface area contributed by atoms with Crippen LogP contribution in [0.4, 0.5) is 0 Å². The minimum atomic E-state index is -0.205. The molecule has 4 nitrogen and oxygen atoms in total. The summed E-state index contributed by atoms with van der Waals surface area (Å²) in [6.45, 7) is 3.08. The summed E-state index contributed by atoms with van der Waals surface area (Å²) < 4.78 is 0. The lowest BCUT2D eigenvalue weighted by molar-refractivity contribution is 0.101. The highest BCUT2D eigenvalue weighted by atomic mass is 16.1. The molecule has 0 amide bonds. The van der Waals surface area contributed by atoms with E-state index in [-0.39, 0.29) is 23.0 Å². The minimum Gasteiger partial charge on any atom is -0.293 e. The second-order valence-corrected chi connectivity index (χ2v) is 3.94. The molecule has 0 atom stereocenters. The Morgan fingerprint density at radius 2 is 1.61 bits per heavy atom. The van der Waals surface area contributed by atoms with Crippen molar-refractivity contribution in [2.45, 2.75) is 13.8 Å². The van der Waals surface area contributed by atoms with Crippen molar-refractivity contribution in [3.63, 3.8) is 0 Å². The largest absolute Gasteiger partial charge is 0.293 e. The van der Waals surface area contributed by atoms with Gasteiger partial charge in [0.25, 0.3) is 0 Å². The monoisotopic (exact) mass is 240 g/mol. The Balaban J connectivity index is 2.46. The summed E-state index contributed by atoms with van der Waals surface area (Å²) >= 11 is 0. The first kappa shape index (κ1) is 12.1. The Bertz CT molecular complexity index is 606. The molecule has 0 saturated heterocycles. The zero-order valence-corrected chi connectivity index (χ0v) is 10.2. The van der Waals surface area contributed by atoms with E-state index in [1.165, 1.54) is 13.0 Å². The van der Waals surface area contributed by atoms with Crippen LogP contribution < -0.4 is 0 Å². The van der Waals surface area contributed by atoms with Gasteiger partial charge in [-0.15, -0.1) is 0 Å². The third-order valence-electron chi connectivity index (χ3n) is 2.47. The van der Waals surface area contributed by atoms with Gasteiger partial charge in [0.1, 0.15) is 17.2 Å². The first-order valence-corrected chi connectivity index (χ1v) is 5.54. The van der Waals surface area contributed by atoms with Crippen molar-refractivity contribution in [3.8, 4) is 0 Å².